The maximum atomic E-state index is 13.2. The fourth-order valence-electron chi connectivity index (χ4n) is 3.27. The Morgan fingerprint density at radius 3 is 2.22 bits per heavy atom. The molecule has 0 radical (unpaired) electrons. The summed E-state index contributed by atoms with van der Waals surface area (Å²) in [6, 6.07) is 11.2. The molecule has 192 valence electrons. The number of carboxylic acid groups (broad SMARTS) is 1. The topological polar surface area (TPSA) is 150 Å². The van der Waals surface area contributed by atoms with Gasteiger partial charge in [0.2, 0.25) is 10.0 Å². The third kappa shape index (κ3) is 7.26. The number of carbonyl (C=O) groups is 2. The van der Waals surface area contributed by atoms with Crippen LogP contribution >= 0.6 is 11.3 Å². The van der Waals surface area contributed by atoms with Crippen LogP contribution in [0.1, 0.15) is 34.6 Å². The van der Waals surface area contributed by atoms with Gasteiger partial charge in [-0.1, -0.05) is 6.07 Å². The van der Waals surface area contributed by atoms with E-state index in [0.29, 0.717) is 21.1 Å². The highest BCUT2D eigenvalue weighted by Gasteiger charge is 2.26. The Morgan fingerprint density at radius 1 is 1.00 bits per heavy atom. The lowest BCUT2D eigenvalue weighted by Crippen LogP contribution is -2.40. The first kappa shape index (κ1) is 27.1. The molecule has 0 spiro atoms. The number of carbonyl (C=O) groups excluding carboxylic acids is 1. The Bertz CT molecular complexity index is 1360. The summed E-state index contributed by atoms with van der Waals surface area (Å²) < 4.78 is 29.0. The minimum atomic E-state index is -3.99. The van der Waals surface area contributed by atoms with E-state index in [1.807, 2.05) is 26.0 Å². The zero-order chi connectivity index (χ0) is 26.7. The van der Waals surface area contributed by atoms with Crippen LogP contribution in [0.3, 0.4) is 0 Å². The number of aromatic nitrogens is 1. The molecule has 0 saturated carbocycles. The van der Waals surface area contributed by atoms with E-state index in [1.54, 1.807) is 45.2 Å². The summed E-state index contributed by atoms with van der Waals surface area (Å²) in [4.78, 5) is 28.0. The quantitative estimate of drug-likeness (QED) is 0.284. The summed E-state index contributed by atoms with van der Waals surface area (Å²) in [5, 5.41) is 17.4. The van der Waals surface area contributed by atoms with Crippen LogP contribution in [0.5, 0.6) is 0 Å². The van der Waals surface area contributed by atoms with Crippen molar-refractivity contribution in [2.75, 3.05) is 10.6 Å². The van der Waals surface area contributed by atoms with Crippen molar-refractivity contribution in [1.29, 1.82) is 0 Å². The number of hydrogen-bond acceptors (Lipinski definition) is 6. The second-order valence-electron chi connectivity index (χ2n) is 9.36. The first-order chi connectivity index (χ1) is 16.7. The molecular weight excluding hydrogens is 502 g/mol. The number of rotatable bonds is 7. The molecule has 0 aliphatic rings. The zero-order valence-corrected chi connectivity index (χ0v) is 22.2. The third-order valence-corrected chi connectivity index (χ3v) is 7.42. The Morgan fingerprint density at radius 2 is 1.64 bits per heavy atom. The van der Waals surface area contributed by atoms with Crippen LogP contribution in [-0.4, -0.2) is 42.2 Å². The average molecular weight is 532 g/mol. The molecule has 36 heavy (non-hydrogen) atoms. The van der Waals surface area contributed by atoms with Gasteiger partial charge in [0.05, 0.1) is 9.77 Å². The van der Waals surface area contributed by atoms with E-state index in [0.717, 1.165) is 5.56 Å². The second-order valence-corrected chi connectivity index (χ2v) is 12.0. The normalized spacial score (nSPS) is 11.8. The number of urea groups is 1. The summed E-state index contributed by atoms with van der Waals surface area (Å²) in [6.45, 7) is 8.90. The minimum absolute atomic E-state index is 0.0132. The van der Waals surface area contributed by atoms with Gasteiger partial charge in [-0.3, -0.25) is 5.32 Å². The van der Waals surface area contributed by atoms with Crippen molar-refractivity contribution >= 4 is 44.9 Å². The number of hydrogen-bond donors (Lipinski definition) is 5. The van der Waals surface area contributed by atoms with Crippen molar-refractivity contribution in [3.8, 4) is 21.0 Å². The second kappa shape index (κ2) is 10.6. The molecule has 5 N–H and O–H groups in total. The summed E-state index contributed by atoms with van der Waals surface area (Å²) in [5.41, 5.74) is 1.21. The van der Waals surface area contributed by atoms with Gasteiger partial charge in [0.1, 0.15) is 5.01 Å². The summed E-state index contributed by atoms with van der Waals surface area (Å²) in [7, 11) is -3.99. The molecule has 0 unspecified atom stereocenters. The molecule has 0 atom stereocenters. The van der Waals surface area contributed by atoms with E-state index < -0.39 is 21.7 Å². The smallest absolute Gasteiger partial charge is 0.409 e. The maximum absolute atomic E-state index is 13.2. The molecule has 0 saturated heterocycles. The molecule has 0 fully saturated rings. The van der Waals surface area contributed by atoms with Crippen LogP contribution in [0.4, 0.5) is 21.0 Å². The van der Waals surface area contributed by atoms with Crippen molar-refractivity contribution in [2.45, 2.75) is 51.1 Å². The van der Waals surface area contributed by atoms with Gasteiger partial charge in [0.25, 0.3) is 0 Å². The standard InChI is InChI=1S/C24H29N5O5S2/c1-14(2)26-22(30)27-16-8-6-15(7-9-16)21-25-13-19(35-21)18-11-10-17(28-23(31)32)12-20(18)36(33,34)29-24(3,4)5/h6-14,28-29H,1-5H3,(H,31,32)(H2,26,27,30). The lowest BCUT2D eigenvalue weighted by molar-refractivity contribution is 0.209. The predicted octanol–water partition coefficient (Wildman–Crippen LogP) is 5.17. The highest BCUT2D eigenvalue weighted by molar-refractivity contribution is 7.89. The molecule has 3 aromatic rings. The van der Waals surface area contributed by atoms with Gasteiger partial charge in [-0.05, 0) is 71.0 Å². The SMILES string of the molecule is CC(C)NC(=O)Nc1ccc(-c2ncc(-c3ccc(NC(=O)O)cc3S(=O)(=O)NC(C)(C)C)s2)cc1. The maximum Gasteiger partial charge on any atom is 0.409 e. The van der Waals surface area contributed by atoms with Crippen LogP contribution in [0, 0.1) is 0 Å². The minimum Gasteiger partial charge on any atom is -0.465 e. The number of amides is 3. The number of sulfonamides is 1. The molecule has 2 aromatic carbocycles. The van der Waals surface area contributed by atoms with Crippen molar-refractivity contribution in [3.05, 3.63) is 48.7 Å². The van der Waals surface area contributed by atoms with Crippen LogP contribution in [0.2, 0.25) is 0 Å². The molecule has 0 aliphatic carbocycles. The molecular formula is C24H29N5O5S2. The Balaban J connectivity index is 1.94. The first-order valence-electron chi connectivity index (χ1n) is 11.1. The molecule has 10 nitrogen and oxygen atoms in total. The zero-order valence-electron chi connectivity index (χ0n) is 20.5. The van der Waals surface area contributed by atoms with E-state index in [4.69, 9.17) is 5.11 Å². The number of benzene rings is 2. The van der Waals surface area contributed by atoms with Gasteiger partial charge in [-0.2, -0.15) is 0 Å². The number of anilines is 2. The van der Waals surface area contributed by atoms with Gasteiger partial charge < -0.3 is 15.7 Å². The lowest BCUT2D eigenvalue weighted by Gasteiger charge is -2.21. The van der Waals surface area contributed by atoms with Crippen LogP contribution in [0.15, 0.2) is 53.6 Å². The van der Waals surface area contributed by atoms with Crippen molar-refractivity contribution in [1.82, 2.24) is 15.0 Å². The van der Waals surface area contributed by atoms with Gasteiger partial charge in [-0.15, -0.1) is 11.3 Å². The number of nitrogens with zero attached hydrogens (tertiary/aromatic N) is 1. The van der Waals surface area contributed by atoms with E-state index in [1.165, 1.54) is 23.5 Å². The summed E-state index contributed by atoms with van der Waals surface area (Å²) in [5.74, 6) is 0. The first-order valence-corrected chi connectivity index (χ1v) is 13.4. The Labute approximate surface area is 214 Å². The third-order valence-electron chi connectivity index (χ3n) is 4.54. The Hall–Kier alpha value is -3.48. The molecule has 1 aromatic heterocycles. The van der Waals surface area contributed by atoms with E-state index in [9.17, 15) is 18.0 Å². The summed E-state index contributed by atoms with van der Waals surface area (Å²) in [6.07, 6.45) is 0.285. The van der Waals surface area contributed by atoms with Crippen LogP contribution < -0.4 is 20.7 Å². The highest BCUT2D eigenvalue weighted by Crippen LogP contribution is 2.37. The van der Waals surface area contributed by atoms with E-state index in [2.05, 4.69) is 25.7 Å². The van der Waals surface area contributed by atoms with Gasteiger partial charge in [0.15, 0.2) is 0 Å². The molecule has 0 bridgehead atoms. The average Bonchev–Trinajstić information content (AvgIpc) is 3.21. The fraction of sp³-hybridized carbons (Fsp3) is 0.292. The highest BCUT2D eigenvalue weighted by atomic mass is 32.2. The van der Waals surface area contributed by atoms with Crippen LogP contribution in [0.25, 0.3) is 21.0 Å². The molecule has 12 heteroatoms. The van der Waals surface area contributed by atoms with E-state index in [-0.39, 0.29) is 22.7 Å². The Kier molecular flexibility index (Phi) is 8.02. The van der Waals surface area contributed by atoms with Gasteiger partial charge >= 0.3 is 12.1 Å². The molecule has 3 rings (SSSR count). The predicted molar refractivity (Wildman–Crippen MR) is 142 cm³/mol. The monoisotopic (exact) mass is 531 g/mol. The van der Waals surface area contributed by atoms with Gasteiger partial charge in [-0.25, -0.2) is 27.7 Å². The van der Waals surface area contributed by atoms with Crippen molar-refractivity contribution in [3.63, 3.8) is 0 Å². The number of nitrogens with one attached hydrogen (secondary N) is 4. The fourth-order valence-corrected chi connectivity index (χ4v) is 5.96. The van der Waals surface area contributed by atoms with Crippen molar-refractivity contribution in [2.24, 2.45) is 0 Å². The molecule has 1 heterocycles. The van der Waals surface area contributed by atoms with Crippen LogP contribution in [-0.2, 0) is 10.0 Å². The number of thiazole rings is 1. The largest absolute Gasteiger partial charge is 0.465 e. The van der Waals surface area contributed by atoms with Crippen molar-refractivity contribution < 1.29 is 23.1 Å². The van der Waals surface area contributed by atoms with Gasteiger partial charge in [0, 0.05) is 40.3 Å². The molecule has 3 amide bonds. The van der Waals surface area contributed by atoms with E-state index >= 15 is 0 Å². The molecule has 0 aliphatic heterocycles. The lowest BCUT2D eigenvalue weighted by atomic mass is 10.1. The summed E-state index contributed by atoms with van der Waals surface area (Å²) >= 11 is 1.30.